The molecule has 1 saturated heterocycles. The lowest BCUT2D eigenvalue weighted by atomic mass is 10.1. The van der Waals surface area contributed by atoms with E-state index in [1.807, 2.05) is 41.3 Å². The molecule has 0 N–H and O–H groups in total. The van der Waals surface area contributed by atoms with Gasteiger partial charge in [0.15, 0.2) is 0 Å². The van der Waals surface area contributed by atoms with Crippen molar-refractivity contribution in [1.82, 2.24) is 19.4 Å². The summed E-state index contributed by atoms with van der Waals surface area (Å²) in [5.41, 5.74) is 4.23. The van der Waals surface area contributed by atoms with Crippen molar-refractivity contribution >= 4 is 27.7 Å². The number of carbonyl (C=O) groups excluding carboxylic acids is 1. The highest BCUT2D eigenvalue weighted by Gasteiger charge is 2.24. The van der Waals surface area contributed by atoms with Crippen LogP contribution in [0.1, 0.15) is 21.7 Å². The highest BCUT2D eigenvalue weighted by Crippen LogP contribution is 2.21. The maximum absolute atomic E-state index is 13.2. The van der Waals surface area contributed by atoms with Crippen molar-refractivity contribution in [3.8, 4) is 0 Å². The van der Waals surface area contributed by atoms with Crippen molar-refractivity contribution in [2.45, 2.75) is 13.1 Å². The second kappa shape index (κ2) is 9.35. The van der Waals surface area contributed by atoms with E-state index >= 15 is 0 Å². The van der Waals surface area contributed by atoms with Crippen molar-refractivity contribution in [2.75, 3.05) is 26.2 Å². The Balaban J connectivity index is 1.16. The molecule has 1 aliphatic heterocycles. The van der Waals surface area contributed by atoms with E-state index in [9.17, 15) is 4.79 Å². The third kappa shape index (κ3) is 4.43. The lowest BCUT2D eigenvalue weighted by Gasteiger charge is -2.34. The van der Waals surface area contributed by atoms with Crippen LogP contribution in [0.25, 0.3) is 21.8 Å². The van der Waals surface area contributed by atoms with Crippen LogP contribution in [0.4, 0.5) is 0 Å². The van der Waals surface area contributed by atoms with Gasteiger partial charge in [0.05, 0.1) is 17.6 Å². The first-order chi connectivity index (χ1) is 17.2. The minimum absolute atomic E-state index is 0.117. The van der Waals surface area contributed by atoms with Crippen LogP contribution in [0.2, 0.25) is 0 Å². The molecule has 0 unspecified atom stereocenters. The fraction of sp³-hybridized carbons (Fsp3) is 0.200. The molecule has 1 fully saturated rings. The molecule has 2 heterocycles. The Hall–Kier alpha value is -3.96. The molecule has 1 amide bonds. The molecule has 6 rings (SSSR count). The van der Waals surface area contributed by atoms with Gasteiger partial charge in [-0.25, -0.2) is 4.98 Å². The summed E-state index contributed by atoms with van der Waals surface area (Å²) in [5, 5.41) is 2.27. The van der Waals surface area contributed by atoms with E-state index < -0.39 is 0 Å². The van der Waals surface area contributed by atoms with Crippen LogP contribution in [0.5, 0.6) is 0 Å². The Labute approximate surface area is 205 Å². The number of piperazine rings is 1. The summed E-state index contributed by atoms with van der Waals surface area (Å²) in [6.07, 6.45) is 0. The van der Waals surface area contributed by atoms with E-state index in [1.165, 1.54) is 5.56 Å². The third-order valence-electron chi connectivity index (χ3n) is 6.94. The molecule has 0 aliphatic carbocycles. The van der Waals surface area contributed by atoms with Crippen molar-refractivity contribution in [3.05, 3.63) is 114 Å². The molecule has 174 valence electrons. The number of fused-ring (bicyclic) bond motifs is 2. The number of imidazole rings is 1. The first kappa shape index (κ1) is 21.6. The Bertz CT molecular complexity index is 1480. The van der Waals surface area contributed by atoms with Gasteiger partial charge in [0.1, 0.15) is 5.82 Å². The van der Waals surface area contributed by atoms with Gasteiger partial charge in [0.2, 0.25) is 0 Å². The van der Waals surface area contributed by atoms with E-state index in [1.54, 1.807) is 0 Å². The summed E-state index contributed by atoms with van der Waals surface area (Å²) < 4.78 is 2.33. The number of hydrogen-bond acceptors (Lipinski definition) is 3. The average molecular weight is 461 g/mol. The summed E-state index contributed by atoms with van der Waals surface area (Å²) in [4.78, 5) is 22.5. The number of carbonyl (C=O) groups is 1. The SMILES string of the molecule is O=C(c1ccc2ccccc2c1)N1CCN(Cc2nc3ccccc3n2Cc2ccccc2)CC1. The summed E-state index contributed by atoms with van der Waals surface area (Å²) in [5.74, 6) is 1.19. The predicted molar refractivity (Wildman–Crippen MR) is 140 cm³/mol. The van der Waals surface area contributed by atoms with Gasteiger partial charge < -0.3 is 9.47 Å². The van der Waals surface area contributed by atoms with Gasteiger partial charge in [-0.3, -0.25) is 9.69 Å². The van der Waals surface area contributed by atoms with Gasteiger partial charge in [-0.2, -0.15) is 0 Å². The van der Waals surface area contributed by atoms with Gasteiger partial charge in [-0.05, 0) is 40.6 Å². The molecule has 5 heteroatoms. The van der Waals surface area contributed by atoms with Crippen LogP contribution < -0.4 is 0 Å². The Morgan fingerprint density at radius 3 is 2.26 bits per heavy atom. The van der Waals surface area contributed by atoms with Gasteiger partial charge in [0.25, 0.3) is 5.91 Å². The Morgan fingerprint density at radius 1 is 0.714 bits per heavy atom. The topological polar surface area (TPSA) is 41.4 Å². The van der Waals surface area contributed by atoms with Crippen LogP contribution in [0.15, 0.2) is 97.1 Å². The summed E-state index contributed by atoms with van der Waals surface area (Å²) >= 11 is 0. The number of rotatable bonds is 5. The molecule has 5 aromatic rings. The zero-order chi connectivity index (χ0) is 23.6. The van der Waals surface area contributed by atoms with Gasteiger partial charge in [-0.15, -0.1) is 0 Å². The molecule has 35 heavy (non-hydrogen) atoms. The minimum atomic E-state index is 0.117. The zero-order valence-electron chi connectivity index (χ0n) is 19.7. The molecule has 5 nitrogen and oxygen atoms in total. The number of aromatic nitrogens is 2. The van der Waals surface area contributed by atoms with Crippen molar-refractivity contribution in [1.29, 1.82) is 0 Å². The Kier molecular flexibility index (Phi) is 5.76. The average Bonchev–Trinajstić information content (AvgIpc) is 3.25. The minimum Gasteiger partial charge on any atom is -0.336 e. The lowest BCUT2D eigenvalue weighted by Crippen LogP contribution is -2.48. The summed E-state index contributed by atoms with van der Waals surface area (Å²) in [7, 11) is 0. The first-order valence-corrected chi connectivity index (χ1v) is 12.2. The van der Waals surface area contributed by atoms with Crippen molar-refractivity contribution in [2.24, 2.45) is 0 Å². The molecule has 0 atom stereocenters. The molecule has 0 spiro atoms. The molecular weight excluding hydrogens is 432 g/mol. The Morgan fingerprint density at radius 2 is 1.43 bits per heavy atom. The molecule has 0 saturated carbocycles. The predicted octanol–water partition coefficient (Wildman–Crippen LogP) is 5.20. The fourth-order valence-corrected chi connectivity index (χ4v) is 5.00. The normalized spacial score (nSPS) is 14.6. The molecule has 0 radical (unpaired) electrons. The quantitative estimate of drug-likeness (QED) is 0.362. The van der Waals surface area contributed by atoms with Crippen molar-refractivity contribution < 1.29 is 4.79 Å². The smallest absolute Gasteiger partial charge is 0.253 e. The molecular formula is C30H28N4O. The number of nitrogens with zero attached hydrogens (tertiary/aromatic N) is 4. The van der Waals surface area contributed by atoms with Crippen LogP contribution in [0, 0.1) is 0 Å². The first-order valence-electron chi connectivity index (χ1n) is 12.2. The maximum Gasteiger partial charge on any atom is 0.253 e. The van der Waals surface area contributed by atoms with E-state index in [0.717, 1.165) is 72.5 Å². The number of amides is 1. The second-order valence-electron chi connectivity index (χ2n) is 9.22. The largest absolute Gasteiger partial charge is 0.336 e. The van der Waals surface area contributed by atoms with Gasteiger partial charge in [-0.1, -0.05) is 72.8 Å². The van der Waals surface area contributed by atoms with E-state index in [2.05, 4.69) is 70.1 Å². The third-order valence-corrected chi connectivity index (χ3v) is 6.94. The molecule has 0 bridgehead atoms. The van der Waals surface area contributed by atoms with Crippen LogP contribution in [-0.2, 0) is 13.1 Å². The number of benzene rings is 4. The van der Waals surface area contributed by atoms with Crippen LogP contribution >= 0.6 is 0 Å². The fourth-order valence-electron chi connectivity index (χ4n) is 5.00. The molecule has 4 aromatic carbocycles. The van der Waals surface area contributed by atoms with E-state index in [-0.39, 0.29) is 5.91 Å². The summed E-state index contributed by atoms with van der Waals surface area (Å²) in [6.45, 7) is 4.72. The molecule has 1 aromatic heterocycles. The van der Waals surface area contributed by atoms with E-state index in [0.29, 0.717) is 0 Å². The van der Waals surface area contributed by atoms with Gasteiger partial charge >= 0.3 is 0 Å². The van der Waals surface area contributed by atoms with Crippen LogP contribution in [0.3, 0.4) is 0 Å². The monoisotopic (exact) mass is 460 g/mol. The zero-order valence-corrected chi connectivity index (χ0v) is 19.7. The van der Waals surface area contributed by atoms with Gasteiger partial charge in [0, 0.05) is 38.3 Å². The number of para-hydroxylation sites is 2. The maximum atomic E-state index is 13.2. The highest BCUT2D eigenvalue weighted by atomic mass is 16.2. The standard InChI is InChI=1S/C30H28N4O/c35-30(26-15-14-24-10-4-5-11-25(24)20-26)33-18-16-32(17-19-33)22-29-31-27-12-6-7-13-28(27)34(29)21-23-8-2-1-3-9-23/h1-15,20H,16-19,21-22H2. The lowest BCUT2D eigenvalue weighted by molar-refractivity contribution is 0.0624. The second-order valence-corrected chi connectivity index (χ2v) is 9.22. The highest BCUT2D eigenvalue weighted by molar-refractivity contribution is 5.98. The van der Waals surface area contributed by atoms with Crippen molar-refractivity contribution in [3.63, 3.8) is 0 Å². The van der Waals surface area contributed by atoms with E-state index in [4.69, 9.17) is 4.98 Å². The number of hydrogen-bond donors (Lipinski definition) is 0. The molecule has 1 aliphatic rings. The van der Waals surface area contributed by atoms with Crippen LogP contribution in [-0.4, -0.2) is 51.4 Å². The summed E-state index contributed by atoms with van der Waals surface area (Å²) in [6, 6.07) is 33.1.